The molecule has 0 N–H and O–H groups in total. The largest absolute Gasteiger partial charge is 0.309 e. The maximum absolute atomic E-state index is 5.29. The van der Waals surface area contributed by atoms with Gasteiger partial charge in [0, 0.05) is 38.4 Å². The number of rotatable bonds is 3. The summed E-state index contributed by atoms with van der Waals surface area (Å²) in [5.41, 5.74) is 16.8. The molecule has 54 heavy (non-hydrogen) atoms. The van der Waals surface area contributed by atoms with Gasteiger partial charge < -0.3 is 4.57 Å². The molecule has 0 amide bonds. The molecule has 1 aliphatic rings. The molecule has 4 nitrogen and oxygen atoms in total. The normalized spacial score (nSPS) is 12.1. The van der Waals surface area contributed by atoms with E-state index in [0.717, 1.165) is 33.6 Å². The number of aromatic nitrogens is 4. The van der Waals surface area contributed by atoms with Crippen molar-refractivity contribution in [2.45, 2.75) is 0 Å². The van der Waals surface area contributed by atoms with Gasteiger partial charge in [-0.3, -0.25) is 4.57 Å². The summed E-state index contributed by atoms with van der Waals surface area (Å²) in [5.74, 6) is 0.868. The van der Waals surface area contributed by atoms with Crippen molar-refractivity contribution in [2.75, 3.05) is 0 Å². The van der Waals surface area contributed by atoms with Gasteiger partial charge in [-0.05, 0) is 82.4 Å². The van der Waals surface area contributed by atoms with E-state index in [1.165, 1.54) is 77.2 Å². The highest BCUT2D eigenvalue weighted by molar-refractivity contribution is 6.17. The lowest BCUT2D eigenvalue weighted by molar-refractivity contribution is 1.09. The maximum Gasteiger partial charge on any atom is 0.165 e. The quantitative estimate of drug-likeness (QED) is 0.185. The highest BCUT2D eigenvalue weighted by Crippen LogP contribution is 2.46. The molecule has 0 aliphatic carbocycles. The minimum atomic E-state index is 0.868. The van der Waals surface area contributed by atoms with Gasteiger partial charge in [-0.15, -0.1) is 0 Å². The Morgan fingerprint density at radius 3 is 1.63 bits per heavy atom. The number of nitrogens with zero attached hydrogens (tertiary/aromatic N) is 4. The summed E-state index contributed by atoms with van der Waals surface area (Å²) in [6.45, 7) is 0. The number of hydrogen-bond acceptors (Lipinski definition) is 2. The van der Waals surface area contributed by atoms with Crippen LogP contribution in [-0.2, 0) is 0 Å². The van der Waals surface area contributed by atoms with E-state index in [0.29, 0.717) is 0 Å². The Balaban J connectivity index is 0.995. The first-order chi connectivity index (χ1) is 26.8. The molecule has 0 bridgehead atoms. The topological polar surface area (TPSA) is 35.6 Å². The van der Waals surface area contributed by atoms with Crippen LogP contribution in [0.25, 0.3) is 111 Å². The van der Waals surface area contributed by atoms with Crippen molar-refractivity contribution >= 4 is 54.6 Å². The van der Waals surface area contributed by atoms with Gasteiger partial charge in [0.05, 0.1) is 33.1 Å². The van der Waals surface area contributed by atoms with Gasteiger partial charge in [0.25, 0.3) is 0 Å². The van der Waals surface area contributed by atoms with Gasteiger partial charge in [0.2, 0.25) is 0 Å². The molecular weight excluding hydrogens is 657 g/mol. The van der Waals surface area contributed by atoms with Crippen LogP contribution in [-0.4, -0.2) is 19.1 Å². The molecule has 1 aliphatic heterocycles. The molecule has 11 aromatic rings. The number of para-hydroxylation sites is 5. The fourth-order valence-electron chi connectivity index (χ4n) is 8.80. The first-order valence-corrected chi connectivity index (χ1v) is 18.4. The minimum absolute atomic E-state index is 0.868. The molecule has 8 aromatic carbocycles. The summed E-state index contributed by atoms with van der Waals surface area (Å²) in [6.07, 6.45) is 0. The highest BCUT2D eigenvalue weighted by atomic mass is 15.1. The third kappa shape index (κ3) is 4.13. The summed E-state index contributed by atoms with van der Waals surface area (Å²) < 4.78 is 4.70. The second kappa shape index (κ2) is 11.1. The average molecular weight is 687 g/mol. The second-order valence-electron chi connectivity index (χ2n) is 14.2. The van der Waals surface area contributed by atoms with Gasteiger partial charge >= 0.3 is 0 Å². The lowest BCUT2D eigenvalue weighted by Gasteiger charge is -2.12. The number of hydrogen-bond donors (Lipinski definition) is 0. The van der Waals surface area contributed by atoms with Gasteiger partial charge in [-0.1, -0.05) is 127 Å². The number of benzene rings is 8. The van der Waals surface area contributed by atoms with E-state index in [4.69, 9.17) is 9.97 Å². The van der Waals surface area contributed by atoms with Crippen LogP contribution in [0.15, 0.2) is 182 Å². The first kappa shape index (κ1) is 29.3. The van der Waals surface area contributed by atoms with Crippen molar-refractivity contribution < 1.29 is 0 Å². The van der Waals surface area contributed by atoms with Crippen LogP contribution in [0.3, 0.4) is 0 Å². The summed E-state index contributed by atoms with van der Waals surface area (Å²) in [7, 11) is 0. The van der Waals surface area contributed by atoms with E-state index in [1.807, 2.05) is 18.2 Å². The molecular formula is C50H30N4. The van der Waals surface area contributed by atoms with Gasteiger partial charge in [0.1, 0.15) is 5.69 Å². The molecule has 250 valence electrons. The van der Waals surface area contributed by atoms with Gasteiger partial charge in [0.15, 0.2) is 5.82 Å². The lowest BCUT2D eigenvalue weighted by atomic mass is 9.95. The smallest absolute Gasteiger partial charge is 0.165 e. The molecule has 4 heteroatoms. The van der Waals surface area contributed by atoms with Gasteiger partial charge in [-0.25, -0.2) is 9.97 Å². The van der Waals surface area contributed by atoms with Crippen molar-refractivity contribution in [2.24, 2.45) is 0 Å². The Labute approximate surface area is 310 Å². The number of fused-ring (bicyclic) bond motifs is 12. The average Bonchev–Trinajstić information content (AvgIpc) is 3.72. The zero-order valence-corrected chi connectivity index (χ0v) is 29.1. The maximum atomic E-state index is 5.29. The summed E-state index contributed by atoms with van der Waals surface area (Å²) >= 11 is 0. The van der Waals surface area contributed by atoms with Crippen molar-refractivity contribution in [3.8, 4) is 56.1 Å². The minimum Gasteiger partial charge on any atom is -0.309 e. The van der Waals surface area contributed by atoms with E-state index in [1.54, 1.807) is 0 Å². The van der Waals surface area contributed by atoms with E-state index in [-0.39, 0.29) is 0 Å². The van der Waals surface area contributed by atoms with Crippen LogP contribution in [0.2, 0.25) is 0 Å². The standard InChI is InChI=1S/C50H30N4/c1-2-11-35(12-3-1)53-45-20-9-6-14-37(45)41-29-33(25-27-46(41)53)31-21-23-32(24-22-31)34-26-28-47-42(30-34)40-17-10-16-39-36-13-4-5-15-38(36)48-50(54(47)49(39)40)52-44-19-8-7-18-43(44)51-48/h1-30H. The zero-order chi connectivity index (χ0) is 35.3. The fourth-order valence-corrected chi connectivity index (χ4v) is 8.80. The van der Waals surface area contributed by atoms with Crippen molar-refractivity contribution in [1.29, 1.82) is 0 Å². The molecule has 0 saturated heterocycles. The predicted octanol–water partition coefficient (Wildman–Crippen LogP) is 12.8. The molecule has 0 unspecified atom stereocenters. The molecule has 3 aromatic heterocycles. The highest BCUT2D eigenvalue weighted by Gasteiger charge is 2.27. The Bertz CT molecular complexity index is 3310. The zero-order valence-electron chi connectivity index (χ0n) is 29.1. The Morgan fingerprint density at radius 1 is 0.333 bits per heavy atom. The van der Waals surface area contributed by atoms with Crippen molar-refractivity contribution in [3.63, 3.8) is 0 Å². The predicted molar refractivity (Wildman–Crippen MR) is 224 cm³/mol. The van der Waals surface area contributed by atoms with Crippen molar-refractivity contribution in [1.82, 2.24) is 19.1 Å². The van der Waals surface area contributed by atoms with Crippen LogP contribution < -0.4 is 0 Å². The molecule has 0 atom stereocenters. The Morgan fingerprint density at radius 2 is 0.870 bits per heavy atom. The van der Waals surface area contributed by atoms with E-state index >= 15 is 0 Å². The van der Waals surface area contributed by atoms with Crippen LogP contribution >= 0.6 is 0 Å². The van der Waals surface area contributed by atoms with Gasteiger partial charge in [-0.2, -0.15) is 0 Å². The van der Waals surface area contributed by atoms with Crippen molar-refractivity contribution in [3.05, 3.63) is 182 Å². The van der Waals surface area contributed by atoms with Crippen LogP contribution in [0, 0.1) is 0 Å². The van der Waals surface area contributed by atoms with E-state index in [2.05, 4.69) is 173 Å². The molecule has 0 saturated carbocycles. The molecule has 0 spiro atoms. The monoisotopic (exact) mass is 686 g/mol. The molecule has 4 heterocycles. The van der Waals surface area contributed by atoms with Crippen LogP contribution in [0.5, 0.6) is 0 Å². The Hall–Kier alpha value is -7.30. The summed E-state index contributed by atoms with van der Waals surface area (Å²) in [6, 6.07) is 65.5. The third-order valence-corrected chi connectivity index (χ3v) is 11.3. The second-order valence-corrected chi connectivity index (χ2v) is 14.2. The van der Waals surface area contributed by atoms with E-state index < -0.39 is 0 Å². The first-order valence-electron chi connectivity index (χ1n) is 18.4. The SMILES string of the molecule is c1ccc(-n2c3ccccc3c3cc(-c4ccc(-c5ccc6c(c5)c5cccc7c5n6-c5nc6ccccc6nc5-c5ccccc5-7)cc4)ccc32)cc1. The van der Waals surface area contributed by atoms with Crippen LogP contribution in [0.4, 0.5) is 0 Å². The third-order valence-electron chi connectivity index (χ3n) is 11.3. The van der Waals surface area contributed by atoms with Crippen LogP contribution in [0.1, 0.15) is 0 Å². The summed E-state index contributed by atoms with van der Waals surface area (Å²) in [5, 5.41) is 4.93. The molecule has 0 radical (unpaired) electrons. The lowest BCUT2D eigenvalue weighted by Crippen LogP contribution is -2.02. The van der Waals surface area contributed by atoms with E-state index in [9.17, 15) is 0 Å². The Kier molecular flexibility index (Phi) is 6.02. The molecule has 0 fully saturated rings. The molecule has 12 rings (SSSR count). The summed E-state index contributed by atoms with van der Waals surface area (Å²) in [4.78, 5) is 10.5. The fraction of sp³-hybridized carbons (Fsp3) is 0.